The molecule has 0 unspecified atom stereocenters. The standard InChI is InChI=1S/C23H27N9O/c33-20-4-2-1-3-17(20)18-13-19-22(29-28-18)26-14-16-15-31(11-12-32(16)19)23-25-6-5-21(27-23)30-9-7-24-8-10-30/h1-6,13,16,24,33H,7-12,14-15H2,(H,26,29)/t16-/m0/s1. The van der Waals surface area contributed by atoms with Crippen LogP contribution in [0.15, 0.2) is 42.6 Å². The zero-order valence-electron chi connectivity index (χ0n) is 18.4. The van der Waals surface area contributed by atoms with Gasteiger partial charge in [-0.1, -0.05) is 12.1 Å². The molecule has 2 saturated heterocycles. The van der Waals surface area contributed by atoms with E-state index in [1.807, 2.05) is 30.5 Å². The lowest BCUT2D eigenvalue weighted by Crippen LogP contribution is -2.58. The number of rotatable bonds is 3. The fourth-order valence-corrected chi connectivity index (χ4v) is 4.85. The molecule has 33 heavy (non-hydrogen) atoms. The number of benzene rings is 1. The molecule has 2 fully saturated rings. The number of fused-ring (bicyclic) bond motifs is 3. The fraction of sp³-hybridized carbons (Fsp3) is 0.391. The Kier molecular flexibility index (Phi) is 5.06. The Bertz CT molecular complexity index is 1150. The van der Waals surface area contributed by atoms with Gasteiger partial charge in [-0.05, 0) is 24.3 Å². The SMILES string of the molecule is Oc1ccccc1-c1cc2c(nn1)NC[C@H]1CN(c3nccc(N4CCNCC4)n3)CCN21. The van der Waals surface area contributed by atoms with Crippen LogP contribution in [0.1, 0.15) is 0 Å². The molecule has 1 aromatic carbocycles. The van der Waals surface area contributed by atoms with Crippen molar-refractivity contribution in [1.82, 2.24) is 25.5 Å². The zero-order chi connectivity index (χ0) is 22.2. The van der Waals surface area contributed by atoms with Gasteiger partial charge in [-0.2, -0.15) is 4.98 Å². The maximum absolute atomic E-state index is 10.3. The van der Waals surface area contributed by atoms with Gasteiger partial charge >= 0.3 is 0 Å². The maximum atomic E-state index is 10.3. The Hall–Kier alpha value is -3.66. The first kappa shape index (κ1) is 20.0. The molecule has 6 rings (SSSR count). The van der Waals surface area contributed by atoms with Crippen molar-refractivity contribution in [1.29, 1.82) is 0 Å². The van der Waals surface area contributed by atoms with Crippen molar-refractivity contribution in [3.63, 3.8) is 0 Å². The molecule has 10 heteroatoms. The molecule has 0 amide bonds. The van der Waals surface area contributed by atoms with Gasteiger partial charge in [-0.15, -0.1) is 10.2 Å². The second-order valence-electron chi connectivity index (χ2n) is 8.61. The van der Waals surface area contributed by atoms with E-state index in [0.717, 1.165) is 75.6 Å². The van der Waals surface area contributed by atoms with Crippen LogP contribution in [0.3, 0.4) is 0 Å². The molecule has 0 spiro atoms. The van der Waals surface area contributed by atoms with E-state index in [-0.39, 0.29) is 11.8 Å². The number of phenolic OH excluding ortho intramolecular Hbond substituents is 1. The van der Waals surface area contributed by atoms with Gasteiger partial charge in [0.15, 0.2) is 5.82 Å². The number of aromatic hydroxyl groups is 1. The van der Waals surface area contributed by atoms with Crippen LogP contribution in [0, 0.1) is 0 Å². The minimum atomic E-state index is 0.207. The van der Waals surface area contributed by atoms with Gasteiger partial charge in [0.25, 0.3) is 0 Å². The fourth-order valence-electron chi connectivity index (χ4n) is 4.85. The zero-order valence-corrected chi connectivity index (χ0v) is 18.4. The molecule has 5 heterocycles. The second-order valence-corrected chi connectivity index (χ2v) is 8.61. The minimum Gasteiger partial charge on any atom is -0.507 e. The van der Waals surface area contributed by atoms with E-state index >= 15 is 0 Å². The lowest BCUT2D eigenvalue weighted by atomic mass is 10.1. The molecular formula is C23H27N9O. The Morgan fingerprint density at radius 3 is 2.73 bits per heavy atom. The smallest absolute Gasteiger partial charge is 0.227 e. The molecule has 170 valence electrons. The van der Waals surface area contributed by atoms with Crippen LogP contribution in [-0.2, 0) is 0 Å². The highest BCUT2D eigenvalue weighted by Gasteiger charge is 2.34. The number of nitrogens with one attached hydrogen (secondary N) is 2. The predicted molar refractivity (Wildman–Crippen MR) is 128 cm³/mol. The summed E-state index contributed by atoms with van der Waals surface area (Å²) < 4.78 is 0. The van der Waals surface area contributed by atoms with Gasteiger partial charge in [0.2, 0.25) is 5.95 Å². The molecule has 0 saturated carbocycles. The molecular weight excluding hydrogens is 418 g/mol. The lowest BCUT2D eigenvalue weighted by Gasteiger charge is -2.45. The van der Waals surface area contributed by atoms with Crippen molar-refractivity contribution < 1.29 is 5.11 Å². The highest BCUT2D eigenvalue weighted by Crippen LogP contribution is 2.36. The van der Waals surface area contributed by atoms with Crippen LogP contribution in [-0.4, -0.2) is 83.7 Å². The van der Waals surface area contributed by atoms with E-state index in [4.69, 9.17) is 4.98 Å². The van der Waals surface area contributed by atoms with Crippen molar-refractivity contribution in [2.24, 2.45) is 0 Å². The highest BCUT2D eigenvalue weighted by molar-refractivity contribution is 5.76. The highest BCUT2D eigenvalue weighted by atomic mass is 16.3. The third-order valence-electron chi connectivity index (χ3n) is 6.60. The summed E-state index contributed by atoms with van der Waals surface area (Å²) in [6.07, 6.45) is 1.87. The Labute approximate surface area is 192 Å². The number of para-hydroxylation sites is 1. The summed E-state index contributed by atoms with van der Waals surface area (Å²) in [5.74, 6) is 2.78. The Balaban J connectivity index is 1.23. The Morgan fingerprint density at radius 2 is 1.85 bits per heavy atom. The average Bonchev–Trinajstić information content (AvgIpc) is 2.89. The Morgan fingerprint density at radius 1 is 0.970 bits per heavy atom. The molecule has 3 aromatic rings. The summed E-state index contributed by atoms with van der Waals surface area (Å²) in [5, 5.41) is 25.8. The topological polar surface area (TPSA) is 106 Å². The molecule has 2 aromatic heterocycles. The number of piperazine rings is 2. The van der Waals surface area contributed by atoms with E-state index in [2.05, 4.69) is 40.5 Å². The van der Waals surface area contributed by atoms with E-state index < -0.39 is 0 Å². The number of anilines is 4. The van der Waals surface area contributed by atoms with Crippen LogP contribution in [0.2, 0.25) is 0 Å². The molecule has 0 bridgehead atoms. The number of hydrogen-bond donors (Lipinski definition) is 3. The van der Waals surface area contributed by atoms with Crippen molar-refractivity contribution in [2.75, 3.05) is 72.4 Å². The van der Waals surface area contributed by atoms with E-state index in [1.165, 1.54) is 0 Å². The lowest BCUT2D eigenvalue weighted by molar-refractivity contribution is 0.477. The molecule has 0 radical (unpaired) electrons. The average molecular weight is 446 g/mol. The quantitative estimate of drug-likeness (QED) is 0.544. The van der Waals surface area contributed by atoms with Crippen molar-refractivity contribution in [3.8, 4) is 17.0 Å². The first-order valence-corrected chi connectivity index (χ1v) is 11.5. The van der Waals surface area contributed by atoms with Crippen LogP contribution < -0.4 is 25.3 Å². The van der Waals surface area contributed by atoms with Gasteiger partial charge < -0.3 is 30.4 Å². The molecule has 10 nitrogen and oxygen atoms in total. The molecule has 3 aliphatic heterocycles. The van der Waals surface area contributed by atoms with Gasteiger partial charge in [0, 0.05) is 64.1 Å². The van der Waals surface area contributed by atoms with E-state index in [0.29, 0.717) is 11.3 Å². The summed E-state index contributed by atoms with van der Waals surface area (Å²) in [7, 11) is 0. The largest absolute Gasteiger partial charge is 0.507 e. The van der Waals surface area contributed by atoms with E-state index in [1.54, 1.807) is 12.1 Å². The summed E-state index contributed by atoms with van der Waals surface area (Å²) in [4.78, 5) is 16.5. The van der Waals surface area contributed by atoms with Crippen LogP contribution >= 0.6 is 0 Å². The summed E-state index contributed by atoms with van der Waals surface area (Å²) >= 11 is 0. The third-order valence-corrected chi connectivity index (χ3v) is 6.60. The third kappa shape index (κ3) is 3.76. The van der Waals surface area contributed by atoms with Gasteiger partial charge in [0.05, 0.1) is 17.4 Å². The number of aromatic nitrogens is 4. The summed E-state index contributed by atoms with van der Waals surface area (Å²) in [5.41, 5.74) is 2.38. The van der Waals surface area contributed by atoms with Crippen molar-refractivity contribution in [3.05, 3.63) is 42.6 Å². The van der Waals surface area contributed by atoms with Gasteiger partial charge in [-0.25, -0.2) is 4.98 Å². The normalized spacial score (nSPS) is 20.1. The monoisotopic (exact) mass is 445 g/mol. The van der Waals surface area contributed by atoms with E-state index in [9.17, 15) is 5.11 Å². The molecule has 3 N–H and O–H groups in total. The summed E-state index contributed by atoms with van der Waals surface area (Å²) in [6, 6.07) is 11.5. The van der Waals surface area contributed by atoms with Gasteiger partial charge in [-0.3, -0.25) is 0 Å². The van der Waals surface area contributed by atoms with Crippen LogP contribution in [0.25, 0.3) is 11.3 Å². The summed E-state index contributed by atoms with van der Waals surface area (Å²) in [6.45, 7) is 7.17. The second kappa shape index (κ2) is 8.36. The molecule has 1 atom stereocenters. The van der Waals surface area contributed by atoms with Gasteiger partial charge in [0.1, 0.15) is 11.6 Å². The molecule has 0 aliphatic carbocycles. The first-order chi connectivity index (χ1) is 16.3. The van der Waals surface area contributed by atoms with Crippen LogP contribution in [0.4, 0.5) is 23.3 Å². The number of phenols is 1. The minimum absolute atomic E-state index is 0.207. The number of hydrogen-bond acceptors (Lipinski definition) is 10. The van der Waals surface area contributed by atoms with Crippen LogP contribution in [0.5, 0.6) is 5.75 Å². The number of nitrogens with zero attached hydrogens (tertiary/aromatic N) is 7. The van der Waals surface area contributed by atoms with Crippen molar-refractivity contribution in [2.45, 2.75) is 6.04 Å². The maximum Gasteiger partial charge on any atom is 0.227 e. The first-order valence-electron chi connectivity index (χ1n) is 11.5. The predicted octanol–water partition coefficient (Wildman–Crippen LogP) is 1.17. The molecule has 3 aliphatic rings. The van der Waals surface area contributed by atoms with Crippen molar-refractivity contribution >= 4 is 23.3 Å².